The van der Waals surface area contributed by atoms with Gasteiger partial charge in [-0.1, -0.05) is 23.2 Å². The van der Waals surface area contributed by atoms with E-state index >= 15 is 0 Å². The first kappa shape index (κ1) is 20.8. The van der Waals surface area contributed by atoms with Crippen LogP contribution in [0.2, 0.25) is 10.0 Å². The highest BCUT2D eigenvalue weighted by molar-refractivity contribution is 6.37. The molecule has 13 heteroatoms. The number of urea groups is 1. The predicted molar refractivity (Wildman–Crippen MR) is 99.0 cm³/mol. The largest absolute Gasteiger partial charge is 0.417 e. The minimum Gasteiger partial charge on any atom is -0.328 e. The van der Waals surface area contributed by atoms with Crippen molar-refractivity contribution >= 4 is 34.9 Å². The Morgan fingerprint density at radius 3 is 2.48 bits per heavy atom. The van der Waals surface area contributed by atoms with Crippen LogP contribution in [0.25, 0.3) is 5.95 Å². The number of amides is 2. The first-order chi connectivity index (χ1) is 13.7. The molecule has 3 rings (SSSR count). The number of hydrogen-bond acceptors (Lipinski definition) is 5. The Labute approximate surface area is 172 Å². The average Bonchev–Trinajstić information content (AvgIpc) is 3.13. The maximum absolute atomic E-state index is 13.0. The lowest BCUT2D eigenvalue weighted by Crippen LogP contribution is -2.33. The Kier molecular flexibility index (Phi) is 5.89. The smallest absolute Gasteiger partial charge is 0.328 e. The van der Waals surface area contributed by atoms with Gasteiger partial charge in [-0.15, -0.1) is 0 Å². The summed E-state index contributed by atoms with van der Waals surface area (Å²) in [6.07, 6.45) is -0.417. The van der Waals surface area contributed by atoms with Crippen molar-refractivity contribution in [1.29, 1.82) is 0 Å². The van der Waals surface area contributed by atoms with Crippen LogP contribution < -0.4 is 10.6 Å². The van der Waals surface area contributed by atoms with E-state index in [1.54, 1.807) is 13.0 Å². The number of carbonyl (C=O) groups excluding carboxylic acids is 1. The summed E-state index contributed by atoms with van der Waals surface area (Å²) in [5.74, 6) is 0.550. The van der Waals surface area contributed by atoms with Gasteiger partial charge in [0.1, 0.15) is 6.33 Å². The molecule has 0 spiro atoms. The third-order valence-corrected chi connectivity index (χ3v) is 4.29. The molecule has 0 saturated heterocycles. The molecule has 1 aromatic carbocycles. The molecule has 0 unspecified atom stereocenters. The summed E-state index contributed by atoms with van der Waals surface area (Å²) in [4.78, 5) is 24.4. The summed E-state index contributed by atoms with van der Waals surface area (Å²) in [5.41, 5.74) is -1.37. The van der Waals surface area contributed by atoms with Crippen LogP contribution in [0.3, 0.4) is 0 Å². The van der Waals surface area contributed by atoms with E-state index in [1.165, 1.54) is 23.4 Å². The van der Waals surface area contributed by atoms with Gasteiger partial charge in [0, 0.05) is 12.4 Å². The highest BCUT2D eigenvalue weighted by atomic mass is 35.5. The summed E-state index contributed by atoms with van der Waals surface area (Å²) in [6.45, 7) is 1.60. The standard InChI is InChI=1S/C16H12Cl2F3N7O/c1-8(13-24-7-25-28(13)14-22-3-2-4-23-14)26-15(29)27-12-5-9(16(19,20)21)10(17)6-11(12)18/h2-8H,1H3,(H2,26,27,29)/t8-/m1/s1. The summed E-state index contributed by atoms with van der Waals surface area (Å²) in [6, 6.07) is 1.71. The quantitative estimate of drug-likeness (QED) is 0.624. The molecule has 2 aromatic heterocycles. The van der Waals surface area contributed by atoms with Crippen molar-refractivity contribution in [3.8, 4) is 5.95 Å². The highest BCUT2D eigenvalue weighted by Gasteiger charge is 2.34. The van der Waals surface area contributed by atoms with Crippen molar-refractivity contribution in [2.75, 3.05) is 5.32 Å². The van der Waals surface area contributed by atoms with Gasteiger partial charge in [0.05, 0.1) is 27.3 Å². The monoisotopic (exact) mass is 445 g/mol. The number of rotatable bonds is 4. The van der Waals surface area contributed by atoms with Crippen molar-refractivity contribution in [2.24, 2.45) is 0 Å². The predicted octanol–water partition coefficient (Wildman–Crippen LogP) is 4.27. The highest BCUT2D eigenvalue weighted by Crippen LogP contribution is 2.39. The van der Waals surface area contributed by atoms with Crippen molar-refractivity contribution in [3.63, 3.8) is 0 Å². The molecule has 29 heavy (non-hydrogen) atoms. The summed E-state index contributed by atoms with van der Waals surface area (Å²) in [5, 5.41) is 8.10. The van der Waals surface area contributed by atoms with E-state index in [4.69, 9.17) is 23.2 Å². The van der Waals surface area contributed by atoms with Crippen LogP contribution in [-0.2, 0) is 6.18 Å². The van der Waals surface area contributed by atoms with Crippen LogP contribution in [0.4, 0.5) is 23.7 Å². The fraction of sp³-hybridized carbons (Fsp3) is 0.188. The SMILES string of the molecule is C[C@@H](NC(=O)Nc1cc(C(F)(F)F)c(Cl)cc1Cl)c1ncnn1-c1ncccn1. The van der Waals surface area contributed by atoms with Crippen LogP contribution in [-0.4, -0.2) is 30.8 Å². The van der Waals surface area contributed by atoms with Crippen molar-refractivity contribution < 1.29 is 18.0 Å². The molecule has 8 nitrogen and oxygen atoms in total. The number of aromatic nitrogens is 5. The average molecular weight is 446 g/mol. The van der Waals surface area contributed by atoms with Crippen molar-refractivity contribution in [2.45, 2.75) is 19.1 Å². The Hall–Kier alpha value is -2.92. The zero-order chi connectivity index (χ0) is 21.2. The first-order valence-corrected chi connectivity index (χ1v) is 8.73. The number of alkyl halides is 3. The fourth-order valence-electron chi connectivity index (χ4n) is 2.38. The maximum atomic E-state index is 13.0. The molecule has 1 atom stereocenters. The van der Waals surface area contributed by atoms with Gasteiger partial charge >= 0.3 is 12.2 Å². The summed E-state index contributed by atoms with van der Waals surface area (Å²) >= 11 is 11.5. The lowest BCUT2D eigenvalue weighted by molar-refractivity contribution is -0.137. The van der Waals surface area contributed by atoms with E-state index in [9.17, 15) is 18.0 Å². The van der Waals surface area contributed by atoms with Crippen LogP contribution in [0.15, 0.2) is 36.9 Å². The number of anilines is 1. The molecule has 0 aliphatic rings. The van der Waals surface area contributed by atoms with Crippen LogP contribution >= 0.6 is 23.2 Å². The lowest BCUT2D eigenvalue weighted by atomic mass is 10.2. The molecular weight excluding hydrogens is 434 g/mol. The number of carbonyl (C=O) groups is 1. The van der Waals surface area contributed by atoms with E-state index in [0.29, 0.717) is 11.9 Å². The van der Waals surface area contributed by atoms with Gasteiger partial charge in [-0.05, 0) is 25.1 Å². The van der Waals surface area contributed by atoms with Gasteiger partial charge in [0.2, 0.25) is 0 Å². The van der Waals surface area contributed by atoms with Gasteiger partial charge in [0.25, 0.3) is 5.95 Å². The minimum atomic E-state index is -4.70. The van der Waals surface area contributed by atoms with E-state index in [-0.39, 0.29) is 16.7 Å². The number of nitrogens with zero attached hydrogens (tertiary/aromatic N) is 5. The Morgan fingerprint density at radius 1 is 1.14 bits per heavy atom. The molecule has 0 aliphatic carbocycles. The minimum absolute atomic E-state index is 0.147. The molecule has 0 aliphatic heterocycles. The van der Waals surface area contributed by atoms with Crippen LogP contribution in [0.1, 0.15) is 24.4 Å². The molecule has 0 fully saturated rings. The Balaban J connectivity index is 1.77. The number of hydrogen-bond donors (Lipinski definition) is 2. The second-order valence-electron chi connectivity index (χ2n) is 5.71. The van der Waals surface area contributed by atoms with Crippen LogP contribution in [0, 0.1) is 0 Å². The molecule has 152 valence electrons. The van der Waals surface area contributed by atoms with Crippen LogP contribution in [0.5, 0.6) is 0 Å². The third kappa shape index (κ3) is 4.74. The van der Waals surface area contributed by atoms with Gasteiger partial charge in [0.15, 0.2) is 5.82 Å². The van der Waals surface area contributed by atoms with Gasteiger partial charge in [-0.2, -0.15) is 23.0 Å². The molecule has 0 saturated carbocycles. The van der Waals surface area contributed by atoms with Gasteiger partial charge in [-0.25, -0.2) is 19.7 Å². The zero-order valence-electron chi connectivity index (χ0n) is 14.6. The summed E-state index contributed by atoms with van der Waals surface area (Å²) < 4.78 is 40.4. The molecule has 3 aromatic rings. The maximum Gasteiger partial charge on any atom is 0.417 e. The normalized spacial score (nSPS) is 12.5. The van der Waals surface area contributed by atoms with Gasteiger partial charge in [-0.3, -0.25) is 0 Å². The Bertz CT molecular complexity index is 1030. The number of nitrogens with one attached hydrogen (secondary N) is 2. The lowest BCUT2D eigenvalue weighted by Gasteiger charge is -2.16. The zero-order valence-corrected chi connectivity index (χ0v) is 16.1. The number of halogens is 5. The van der Waals surface area contributed by atoms with Crippen molar-refractivity contribution in [3.05, 3.63) is 58.4 Å². The molecule has 2 N–H and O–H groups in total. The first-order valence-electron chi connectivity index (χ1n) is 7.98. The fourth-order valence-corrected chi connectivity index (χ4v) is 2.92. The van der Waals surface area contributed by atoms with E-state index in [1.807, 2.05) is 0 Å². The molecule has 2 amide bonds. The third-order valence-electron chi connectivity index (χ3n) is 3.66. The second kappa shape index (κ2) is 8.21. The van der Waals surface area contributed by atoms with E-state index in [0.717, 1.165) is 6.07 Å². The topological polar surface area (TPSA) is 97.6 Å². The molecule has 0 radical (unpaired) electrons. The number of benzene rings is 1. The van der Waals surface area contributed by atoms with E-state index in [2.05, 4.69) is 30.7 Å². The van der Waals surface area contributed by atoms with E-state index < -0.39 is 28.8 Å². The molecule has 0 bridgehead atoms. The molecular formula is C16H12Cl2F3N7O. The van der Waals surface area contributed by atoms with Gasteiger partial charge < -0.3 is 10.6 Å². The second-order valence-corrected chi connectivity index (χ2v) is 6.52. The molecule has 2 heterocycles. The summed E-state index contributed by atoms with van der Waals surface area (Å²) in [7, 11) is 0. The van der Waals surface area contributed by atoms with Crippen molar-refractivity contribution in [1.82, 2.24) is 30.0 Å². The Morgan fingerprint density at radius 2 is 1.83 bits per heavy atom.